The van der Waals surface area contributed by atoms with Crippen molar-refractivity contribution in [2.24, 2.45) is 0 Å². The van der Waals surface area contributed by atoms with E-state index in [-0.39, 0.29) is 11.3 Å². The van der Waals surface area contributed by atoms with Gasteiger partial charge in [0.25, 0.3) is 0 Å². The molecular weight excluding hydrogens is 336 g/mol. The van der Waals surface area contributed by atoms with Gasteiger partial charge in [-0.3, -0.25) is 9.78 Å². The maximum atomic E-state index is 12.3. The predicted molar refractivity (Wildman–Crippen MR) is 98.8 cm³/mol. The molecule has 0 unspecified atom stereocenters. The van der Waals surface area contributed by atoms with E-state index in [9.17, 15) is 4.79 Å². The Morgan fingerprint density at radius 1 is 1.16 bits per heavy atom. The summed E-state index contributed by atoms with van der Waals surface area (Å²) >= 11 is 6.44. The summed E-state index contributed by atoms with van der Waals surface area (Å²) < 4.78 is 5.53. The number of aromatic nitrogens is 1. The normalized spacial score (nSPS) is 16.4. The van der Waals surface area contributed by atoms with Crippen molar-refractivity contribution in [3.05, 3.63) is 64.9 Å². The molecule has 2 heterocycles. The van der Waals surface area contributed by atoms with Gasteiger partial charge >= 0.3 is 0 Å². The minimum Gasteiger partial charge on any atom is -0.381 e. The van der Waals surface area contributed by atoms with E-state index in [1.54, 1.807) is 6.20 Å². The van der Waals surface area contributed by atoms with Crippen molar-refractivity contribution in [1.29, 1.82) is 0 Å². The summed E-state index contributed by atoms with van der Waals surface area (Å²) in [5.41, 5.74) is 1.88. The highest BCUT2D eigenvalue weighted by atomic mass is 35.5. The molecule has 25 heavy (non-hydrogen) atoms. The number of carbonyl (C=O) groups is 1. The van der Waals surface area contributed by atoms with Crippen LogP contribution in [0, 0.1) is 0 Å². The van der Waals surface area contributed by atoms with Gasteiger partial charge in [0.15, 0.2) is 0 Å². The molecule has 1 aliphatic heterocycles. The molecule has 0 radical (unpaired) electrons. The van der Waals surface area contributed by atoms with E-state index in [0.29, 0.717) is 32.6 Å². The molecule has 0 spiro atoms. The SMILES string of the molecule is O=C(CCc1ccccn1)NCC1(c2ccccc2Cl)CCOCC1. The van der Waals surface area contributed by atoms with E-state index >= 15 is 0 Å². The maximum Gasteiger partial charge on any atom is 0.220 e. The molecular formula is C20H23ClN2O2. The molecule has 4 nitrogen and oxygen atoms in total. The number of amides is 1. The lowest BCUT2D eigenvalue weighted by Gasteiger charge is -2.38. The molecule has 1 N–H and O–H groups in total. The van der Waals surface area contributed by atoms with Crippen molar-refractivity contribution in [2.75, 3.05) is 19.8 Å². The lowest BCUT2D eigenvalue weighted by molar-refractivity contribution is -0.121. The number of pyridine rings is 1. The van der Waals surface area contributed by atoms with Crippen LogP contribution in [0.2, 0.25) is 5.02 Å². The third-order valence-corrected chi connectivity index (χ3v) is 5.18. The van der Waals surface area contributed by atoms with E-state index in [2.05, 4.69) is 16.4 Å². The summed E-state index contributed by atoms with van der Waals surface area (Å²) in [6.45, 7) is 1.96. The van der Waals surface area contributed by atoms with E-state index < -0.39 is 0 Å². The molecule has 1 aliphatic rings. The van der Waals surface area contributed by atoms with Crippen LogP contribution < -0.4 is 5.32 Å². The summed E-state index contributed by atoms with van der Waals surface area (Å²) in [6, 6.07) is 13.7. The summed E-state index contributed by atoms with van der Waals surface area (Å²) in [6.07, 6.45) is 4.55. The van der Waals surface area contributed by atoms with Crippen LogP contribution in [0.15, 0.2) is 48.7 Å². The molecule has 0 aliphatic carbocycles. The van der Waals surface area contributed by atoms with Crippen LogP contribution in [0.4, 0.5) is 0 Å². The van der Waals surface area contributed by atoms with Crippen molar-refractivity contribution in [3.63, 3.8) is 0 Å². The average molecular weight is 359 g/mol. The van der Waals surface area contributed by atoms with Crippen LogP contribution in [-0.2, 0) is 21.4 Å². The summed E-state index contributed by atoms with van der Waals surface area (Å²) in [4.78, 5) is 16.6. The second-order valence-corrected chi connectivity index (χ2v) is 6.88. The number of hydrogen-bond acceptors (Lipinski definition) is 3. The van der Waals surface area contributed by atoms with Gasteiger partial charge in [-0.05, 0) is 43.0 Å². The van der Waals surface area contributed by atoms with Crippen LogP contribution in [-0.4, -0.2) is 30.6 Å². The molecule has 5 heteroatoms. The van der Waals surface area contributed by atoms with Crippen LogP contribution in [0.25, 0.3) is 0 Å². The van der Waals surface area contributed by atoms with Crippen molar-refractivity contribution < 1.29 is 9.53 Å². The highest BCUT2D eigenvalue weighted by molar-refractivity contribution is 6.31. The summed E-state index contributed by atoms with van der Waals surface area (Å²) in [7, 11) is 0. The smallest absolute Gasteiger partial charge is 0.220 e. The average Bonchev–Trinajstić information content (AvgIpc) is 2.67. The van der Waals surface area contributed by atoms with Gasteiger partial charge in [0.2, 0.25) is 5.91 Å². The minimum atomic E-state index is -0.156. The quantitative estimate of drug-likeness (QED) is 0.859. The van der Waals surface area contributed by atoms with Crippen LogP contribution >= 0.6 is 11.6 Å². The maximum absolute atomic E-state index is 12.3. The van der Waals surface area contributed by atoms with Gasteiger partial charge < -0.3 is 10.1 Å². The zero-order valence-corrected chi connectivity index (χ0v) is 15.0. The topological polar surface area (TPSA) is 51.2 Å². The molecule has 1 amide bonds. The van der Waals surface area contributed by atoms with Crippen molar-refractivity contribution in [1.82, 2.24) is 10.3 Å². The number of nitrogens with zero attached hydrogens (tertiary/aromatic N) is 1. The minimum absolute atomic E-state index is 0.0450. The first-order chi connectivity index (χ1) is 12.2. The molecule has 3 rings (SSSR count). The fraction of sp³-hybridized carbons (Fsp3) is 0.400. The summed E-state index contributed by atoms with van der Waals surface area (Å²) in [5.74, 6) is 0.0450. The Balaban J connectivity index is 1.63. The third kappa shape index (κ3) is 4.59. The van der Waals surface area contributed by atoms with Gasteiger partial charge in [0.05, 0.1) is 0 Å². The van der Waals surface area contributed by atoms with Crippen molar-refractivity contribution in [2.45, 2.75) is 31.1 Å². The second-order valence-electron chi connectivity index (χ2n) is 6.47. The fourth-order valence-electron chi connectivity index (χ4n) is 3.34. The summed E-state index contributed by atoms with van der Waals surface area (Å²) in [5, 5.41) is 3.86. The number of benzene rings is 1. The molecule has 0 atom stereocenters. The third-order valence-electron chi connectivity index (χ3n) is 4.85. The Kier molecular flexibility index (Phi) is 6.05. The lowest BCUT2D eigenvalue weighted by atomic mass is 9.74. The molecule has 0 bridgehead atoms. The number of halogens is 1. The van der Waals surface area contributed by atoms with Gasteiger partial charge in [0, 0.05) is 48.5 Å². The zero-order valence-electron chi connectivity index (χ0n) is 14.2. The fourth-order valence-corrected chi connectivity index (χ4v) is 3.67. The van der Waals surface area contributed by atoms with Crippen LogP contribution in [0.5, 0.6) is 0 Å². The molecule has 0 saturated carbocycles. The highest BCUT2D eigenvalue weighted by Crippen LogP contribution is 2.38. The monoisotopic (exact) mass is 358 g/mol. The molecule has 1 aromatic heterocycles. The van der Waals surface area contributed by atoms with Crippen LogP contribution in [0.3, 0.4) is 0 Å². The highest BCUT2D eigenvalue weighted by Gasteiger charge is 2.36. The standard InChI is InChI=1S/C20H23ClN2O2/c21-18-7-2-1-6-17(18)20(10-13-25-14-11-20)15-23-19(24)9-8-16-5-3-4-12-22-16/h1-7,12H,8-11,13-15H2,(H,23,24). The first-order valence-electron chi connectivity index (χ1n) is 8.69. The number of hydrogen-bond donors (Lipinski definition) is 1. The predicted octanol–water partition coefficient (Wildman–Crippen LogP) is 3.53. The van der Waals surface area contributed by atoms with Crippen LogP contribution in [0.1, 0.15) is 30.5 Å². The largest absolute Gasteiger partial charge is 0.381 e. The Morgan fingerprint density at radius 3 is 2.64 bits per heavy atom. The Hall–Kier alpha value is -1.91. The van der Waals surface area contributed by atoms with Crippen molar-refractivity contribution in [3.8, 4) is 0 Å². The first-order valence-corrected chi connectivity index (χ1v) is 9.07. The van der Waals surface area contributed by atoms with E-state index in [0.717, 1.165) is 29.1 Å². The van der Waals surface area contributed by atoms with Gasteiger partial charge in [-0.25, -0.2) is 0 Å². The first kappa shape index (κ1) is 17.9. The molecule has 1 aromatic carbocycles. The van der Waals surface area contributed by atoms with Gasteiger partial charge in [-0.2, -0.15) is 0 Å². The molecule has 1 fully saturated rings. The van der Waals surface area contributed by atoms with Gasteiger partial charge in [-0.1, -0.05) is 35.9 Å². The molecule has 132 valence electrons. The number of carbonyl (C=O) groups excluding carboxylic acids is 1. The Morgan fingerprint density at radius 2 is 1.92 bits per heavy atom. The van der Waals surface area contributed by atoms with E-state index in [1.807, 2.05) is 36.4 Å². The van der Waals surface area contributed by atoms with Gasteiger partial charge in [0.1, 0.15) is 0 Å². The number of aryl methyl sites for hydroxylation is 1. The Labute approximate surface area is 153 Å². The number of nitrogens with one attached hydrogen (secondary N) is 1. The van der Waals surface area contributed by atoms with E-state index in [1.165, 1.54) is 0 Å². The lowest BCUT2D eigenvalue weighted by Crippen LogP contribution is -2.44. The van der Waals surface area contributed by atoms with E-state index in [4.69, 9.17) is 16.3 Å². The second kappa shape index (κ2) is 8.45. The number of ether oxygens (including phenoxy) is 1. The van der Waals surface area contributed by atoms with Crippen molar-refractivity contribution >= 4 is 17.5 Å². The zero-order chi connectivity index (χ0) is 17.5. The molecule has 1 saturated heterocycles. The van der Waals surface area contributed by atoms with Gasteiger partial charge in [-0.15, -0.1) is 0 Å². The Bertz CT molecular complexity index is 700. The number of rotatable bonds is 6. The molecule has 2 aromatic rings.